The third-order valence-corrected chi connectivity index (χ3v) is 4.96. The van der Waals surface area contributed by atoms with Gasteiger partial charge in [0.25, 0.3) is 5.91 Å². The molecule has 1 atom stereocenters. The molecule has 0 fully saturated rings. The van der Waals surface area contributed by atoms with Crippen molar-refractivity contribution in [2.24, 2.45) is 0 Å². The first kappa shape index (κ1) is 18.9. The van der Waals surface area contributed by atoms with Crippen LogP contribution in [0.15, 0.2) is 54.7 Å². The number of hydrogen-bond donors (Lipinski definition) is 2. The molecule has 7 nitrogen and oxygen atoms in total. The maximum Gasteiger partial charge on any atom is 0.251 e. The fourth-order valence-corrected chi connectivity index (χ4v) is 3.45. The van der Waals surface area contributed by atoms with Crippen LogP contribution in [0.4, 0.5) is 11.5 Å². The summed E-state index contributed by atoms with van der Waals surface area (Å²) in [5.41, 5.74) is 2.69. The van der Waals surface area contributed by atoms with Crippen molar-refractivity contribution < 1.29 is 14.4 Å². The summed E-state index contributed by atoms with van der Waals surface area (Å²) < 4.78 is 1.52. The number of nitrogens with one attached hydrogen (secondary N) is 2. The van der Waals surface area contributed by atoms with Crippen LogP contribution in [0.5, 0.6) is 0 Å². The maximum absolute atomic E-state index is 12.4. The van der Waals surface area contributed by atoms with Crippen LogP contribution < -0.4 is 10.6 Å². The van der Waals surface area contributed by atoms with E-state index < -0.39 is 6.04 Å². The van der Waals surface area contributed by atoms with Crippen molar-refractivity contribution >= 4 is 40.7 Å². The number of amides is 2. The predicted molar refractivity (Wildman–Crippen MR) is 110 cm³/mol. The Bertz CT molecular complexity index is 1120. The van der Waals surface area contributed by atoms with Crippen molar-refractivity contribution in [1.29, 1.82) is 0 Å². The lowest BCUT2D eigenvalue weighted by atomic mass is 10.1. The van der Waals surface area contributed by atoms with Gasteiger partial charge in [-0.1, -0.05) is 23.7 Å². The Kier molecular flexibility index (Phi) is 4.90. The average molecular weight is 409 g/mol. The standard InChI is InChI=1S/C21H17ClN4O3/c1-12(27)13-5-7-16(8-6-13)24-19(28)10-18-21(29)25-20-17(11-23-26(18)20)14-3-2-4-15(22)9-14/h2-9,11,18H,10H2,1H3,(H,24,28)(H,25,29). The molecule has 2 heterocycles. The zero-order valence-corrected chi connectivity index (χ0v) is 16.2. The minimum Gasteiger partial charge on any atom is -0.326 e. The molecule has 0 spiro atoms. The molecule has 2 N–H and O–H groups in total. The van der Waals surface area contributed by atoms with Gasteiger partial charge in [0.1, 0.15) is 11.9 Å². The van der Waals surface area contributed by atoms with Gasteiger partial charge < -0.3 is 10.6 Å². The van der Waals surface area contributed by atoms with Crippen LogP contribution in [0, 0.1) is 0 Å². The van der Waals surface area contributed by atoms with E-state index in [0.717, 1.165) is 11.1 Å². The van der Waals surface area contributed by atoms with E-state index in [1.165, 1.54) is 11.6 Å². The van der Waals surface area contributed by atoms with Gasteiger partial charge in [-0.25, -0.2) is 4.68 Å². The quantitative estimate of drug-likeness (QED) is 0.625. The second-order valence-corrected chi connectivity index (χ2v) is 7.19. The van der Waals surface area contributed by atoms with Crippen LogP contribution in [-0.2, 0) is 9.59 Å². The maximum atomic E-state index is 12.4. The lowest BCUT2D eigenvalue weighted by molar-refractivity contribution is -0.123. The number of nitrogens with zero attached hydrogens (tertiary/aromatic N) is 2. The number of carbonyl (C=O) groups is 3. The molecule has 0 saturated carbocycles. The molecule has 0 radical (unpaired) electrons. The van der Waals surface area contributed by atoms with Gasteiger partial charge in [0.15, 0.2) is 5.78 Å². The van der Waals surface area contributed by atoms with Gasteiger partial charge in [0.2, 0.25) is 5.91 Å². The molecule has 1 unspecified atom stereocenters. The monoisotopic (exact) mass is 408 g/mol. The molecule has 1 aromatic heterocycles. The number of rotatable bonds is 5. The van der Waals surface area contributed by atoms with Gasteiger partial charge in [-0.15, -0.1) is 0 Å². The minimum atomic E-state index is -0.741. The molecule has 1 aliphatic rings. The number of anilines is 2. The zero-order valence-electron chi connectivity index (χ0n) is 15.5. The fraction of sp³-hybridized carbons (Fsp3) is 0.143. The summed E-state index contributed by atoms with van der Waals surface area (Å²) in [5.74, 6) is -0.125. The smallest absolute Gasteiger partial charge is 0.251 e. The van der Waals surface area contributed by atoms with Crippen LogP contribution in [-0.4, -0.2) is 27.4 Å². The van der Waals surface area contributed by atoms with E-state index in [9.17, 15) is 14.4 Å². The molecule has 0 bridgehead atoms. The highest BCUT2D eigenvalue weighted by molar-refractivity contribution is 6.30. The van der Waals surface area contributed by atoms with Gasteiger partial charge in [-0.2, -0.15) is 5.10 Å². The molecule has 8 heteroatoms. The Morgan fingerprint density at radius 1 is 1.21 bits per heavy atom. The first-order valence-electron chi connectivity index (χ1n) is 8.97. The SMILES string of the molecule is CC(=O)c1ccc(NC(=O)CC2C(=O)Nc3c(-c4cccc(Cl)c4)cnn32)cc1. The normalized spacial score (nSPS) is 15.0. The van der Waals surface area contributed by atoms with Gasteiger partial charge in [-0.3, -0.25) is 14.4 Å². The van der Waals surface area contributed by atoms with E-state index in [0.29, 0.717) is 22.1 Å². The molecule has 3 aromatic rings. The fourth-order valence-electron chi connectivity index (χ4n) is 3.26. The summed E-state index contributed by atoms with van der Waals surface area (Å²) in [7, 11) is 0. The highest BCUT2D eigenvalue weighted by atomic mass is 35.5. The van der Waals surface area contributed by atoms with Gasteiger partial charge in [0, 0.05) is 21.8 Å². The van der Waals surface area contributed by atoms with Gasteiger partial charge in [0.05, 0.1) is 12.6 Å². The number of hydrogen-bond acceptors (Lipinski definition) is 4. The van der Waals surface area contributed by atoms with E-state index in [2.05, 4.69) is 15.7 Å². The van der Waals surface area contributed by atoms with Crippen molar-refractivity contribution in [2.75, 3.05) is 10.6 Å². The van der Waals surface area contributed by atoms with E-state index in [1.807, 2.05) is 12.1 Å². The molecular formula is C21H17ClN4O3. The Morgan fingerprint density at radius 2 is 1.97 bits per heavy atom. The van der Waals surface area contributed by atoms with Crippen molar-refractivity contribution in [3.63, 3.8) is 0 Å². The Morgan fingerprint density at radius 3 is 2.66 bits per heavy atom. The van der Waals surface area contributed by atoms with Crippen molar-refractivity contribution in [2.45, 2.75) is 19.4 Å². The van der Waals surface area contributed by atoms with Crippen LogP contribution in [0.1, 0.15) is 29.7 Å². The summed E-state index contributed by atoms with van der Waals surface area (Å²) >= 11 is 6.06. The van der Waals surface area contributed by atoms with Crippen molar-refractivity contribution in [3.8, 4) is 11.1 Å². The number of ketones is 1. The number of carbonyl (C=O) groups excluding carboxylic acids is 3. The lowest BCUT2D eigenvalue weighted by Crippen LogP contribution is -2.23. The summed E-state index contributed by atoms with van der Waals surface area (Å²) in [4.78, 5) is 36.2. The third-order valence-electron chi connectivity index (χ3n) is 4.72. The van der Waals surface area contributed by atoms with Crippen molar-refractivity contribution in [3.05, 3.63) is 65.3 Å². The zero-order chi connectivity index (χ0) is 20.5. The van der Waals surface area contributed by atoms with E-state index in [-0.39, 0.29) is 24.0 Å². The van der Waals surface area contributed by atoms with Gasteiger partial charge in [-0.05, 0) is 48.9 Å². The molecule has 146 valence electrons. The number of fused-ring (bicyclic) bond motifs is 1. The lowest BCUT2D eigenvalue weighted by Gasteiger charge is -2.10. The molecule has 2 aromatic carbocycles. The number of benzene rings is 2. The van der Waals surface area contributed by atoms with E-state index in [4.69, 9.17) is 11.6 Å². The third kappa shape index (κ3) is 3.77. The molecule has 2 amide bonds. The Labute approximate surface area is 171 Å². The first-order valence-corrected chi connectivity index (χ1v) is 9.35. The largest absolute Gasteiger partial charge is 0.326 e. The van der Waals surface area contributed by atoms with Crippen LogP contribution >= 0.6 is 11.6 Å². The second kappa shape index (κ2) is 7.52. The molecular weight excluding hydrogens is 392 g/mol. The highest BCUT2D eigenvalue weighted by Gasteiger charge is 2.35. The number of Topliss-reactive ketones (excluding diaryl/α,β-unsaturated/α-hetero) is 1. The highest BCUT2D eigenvalue weighted by Crippen LogP contribution is 2.36. The number of aromatic nitrogens is 2. The summed E-state index contributed by atoms with van der Waals surface area (Å²) in [6.07, 6.45) is 1.58. The van der Waals surface area contributed by atoms with E-state index in [1.54, 1.807) is 42.6 Å². The minimum absolute atomic E-state index is 0.0489. The van der Waals surface area contributed by atoms with Crippen LogP contribution in [0.3, 0.4) is 0 Å². The molecule has 0 aliphatic carbocycles. The first-order chi connectivity index (χ1) is 13.9. The van der Waals surface area contributed by atoms with E-state index >= 15 is 0 Å². The predicted octanol–water partition coefficient (Wildman–Crippen LogP) is 3.93. The molecule has 1 aliphatic heterocycles. The molecule has 0 saturated heterocycles. The van der Waals surface area contributed by atoms with Crippen LogP contribution in [0.2, 0.25) is 5.02 Å². The molecule has 4 rings (SSSR count). The summed E-state index contributed by atoms with van der Waals surface area (Å²) in [6, 6.07) is 13.1. The topological polar surface area (TPSA) is 93.1 Å². The van der Waals surface area contributed by atoms with Gasteiger partial charge >= 0.3 is 0 Å². The average Bonchev–Trinajstić information content (AvgIpc) is 3.22. The second-order valence-electron chi connectivity index (χ2n) is 6.75. The molecule has 29 heavy (non-hydrogen) atoms. The number of halogens is 1. The summed E-state index contributed by atoms with van der Waals surface area (Å²) in [6.45, 7) is 1.48. The Hall–Kier alpha value is -3.45. The van der Waals surface area contributed by atoms with Crippen LogP contribution in [0.25, 0.3) is 11.1 Å². The van der Waals surface area contributed by atoms with Crippen molar-refractivity contribution in [1.82, 2.24) is 9.78 Å². The Balaban J connectivity index is 1.50. The summed E-state index contributed by atoms with van der Waals surface area (Å²) in [5, 5.41) is 10.4.